The molecule has 0 saturated heterocycles. The lowest BCUT2D eigenvalue weighted by molar-refractivity contribution is 0.200. The molecule has 29 heavy (non-hydrogen) atoms. The summed E-state index contributed by atoms with van der Waals surface area (Å²) in [6.07, 6.45) is 5.74. The van der Waals surface area contributed by atoms with Gasteiger partial charge >= 0.3 is 0 Å². The Morgan fingerprint density at radius 1 is 1.21 bits per heavy atom. The van der Waals surface area contributed by atoms with Gasteiger partial charge in [-0.2, -0.15) is 0 Å². The highest BCUT2D eigenvalue weighted by molar-refractivity contribution is 6.02. The molecule has 1 aromatic heterocycles. The fourth-order valence-corrected chi connectivity index (χ4v) is 4.06. The van der Waals surface area contributed by atoms with Crippen LogP contribution >= 0.6 is 0 Å². The smallest absolute Gasteiger partial charge is 0.161 e. The van der Waals surface area contributed by atoms with Crippen LogP contribution in [0.5, 0.6) is 11.5 Å². The number of nitrogens with one attached hydrogen (secondary N) is 2. The quantitative estimate of drug-likeness (QED) is 0.748. The Morgan fingerprint density at radius 3 is 2.76 bits per heavy atom. The standard InChI is InChI=1S/C22H31N5O2/c1-4-23-21-20-22(27(5-2)14-24-21)26-19(25-20)13-15-10-11-17(28-3)18(12-15)29-16-8-6-7-9-16/h10-12,16H,4-9,13-14H2,1-3H3,(H,23,24)(H,25,26). The number of methoxy groups -OCH3 is 1. The van der Waals surface area contributed by atoms with Crippen LogP contribution in [0.15, 0.2) is 23.2 Å². The summed E-state index contributed by atoms with van der Waals surface area (Å²) in [5, 5.41) is 3.34. The summed E-state index contributed by atoms with van der Waals surface area (Å²) in [5.41, 5.74) is 2.13. The predicted molar refractivity (Wildman–Crippen MR) is 115 cm³/mol. The minimum absolute atomic E-state index is 0.298. The van der Waals surface area contributed by atoms with Gasteiger partial charge in [-0.3, -0.25) is 0 Å². The third-order valence-corrected chi connectivity index (χ3v) is 5.59. The Morgan fingerprint density at radius 2 is 2.03 bits per heavy atom. The van der Waals surface area contributed by atoms with Gasteiger partial charge in [0.2, 0.25) is 0 Å². The molecule has 0 bridgehead atoms. The van der Waals surface area contributed by atoms with Crippen molar-refractivity contribution in [2.45, 2.75) is 52.1 Å². The lowest BCUT2D eigenvalue weighted by Crippen LogP contribution is -2.35. The van der Waals surface area contributed by atoms with Crippen molar-refractivity contribution in [2.24, 2.45) is 4.99 Å². The molecular weight excluding hydrogens is 366 g/mol. The first kappa shape index (κ1) is 19.6. The molecule has 1 aliphatic carbocycles. The number of nitrogens with zero attached hydrogens (tertiary/aromatic N) is 3. The highest BCUT2D eigenvalue weighted by atomic mass is 16.5. The fraction of sp³-hybridized carbons (Fsp3) is 0.545. The Labute approximate surface area is 172 Å². The normalized spacial score (nSPS) is 16.5. The number of anilines is 1. The average Bonchev–Trinajstić information content (AvgIpc) is 3.39. The number of imidazole rings is 1. The fourth-order valence-electron chi connectivity index (χ4n) is 4.06. The van der Waals surface area contributed by atoms with E-state index in [2.05, 4.69) is 46.2 Å². The van der Waals surface area contributed by atoms with E-state index in [0.717, 1.165) is 66.2 Å². The van der Waals surface area contributed by atoms with E-state index in [9.17, 15) is 0 Å². The van der Waals surface area contributed by atoms with E-state index in [-0.39, 0.29) is 0 Å². The second-order valence-electron chi connectivity index (χ2n) is 7.60. The molecule has 2 aromatic rings. The van der Waals surface area contributed by atoms with Crippen LogP contribution in [0.4, 0.5) is 5.82 Å². The summed E-state index contributed by atoms with van der Waals surface area (Å²) in [6.45, 7) is 6.55. The molecule has 1 fully saturated rings. The molecule has 0 radical (unpaired) electrons. The van der Waals surface area contributed by atoms with Crippen LogP contribution in [0.25, 0.3) is 0 Å². The molecule has 0 spiro atoms. The zero-order valence-electron chi connectivity index (χ0n) is 17.6. The van der Waals surface area contributed by atoms with E-state index >= 15 is 0 Å². The topological polar surface area (TPSA) is 74.8 Å². The van der Waals surface area contributed by atoms with Crippen molar-refractivity contribution in [3.8, 4) is 11.5 Å². The van der Waals surface area contributed by atoms with Crippen LogP contribution in [0, 0.1) is 0 Å². The molecule has 2 aliphatic rings. The maximum absolute atomic E-state index is 6.25. The molecule has 2 heterocycles. The van der Waals surface area contributed by atoms with Gasteiger partial charge in [0.25, 0.3) is 0 Å². The van der Waals surface area contributed by atoms with Gasteiger partial charge in [-0.05, 0) is 57.2 Å². The molecule has 1 aromatic carbocycles. The summed E-state index contributed by atoms with van der Waals surface area (Å²) in [7, 11) is 1.69. The van der Waals surface area contributed by atoms with Gasteiger partial charge in [-0.1, -0.05) is 6.07 Å². The van der Waals surface area contributed by atoms with Crippen molar-refractivity contribution in [3.05, 3.63) is 35.3 Å². The van der Waals surface area contributed by atoms with Crippen molar-refractivity contribution >= 4 is 11.7 Å². The molecule has 7 nitrogen and oxygen atoms in total. The van der Waals surface area contributed by atoms with E-state index in [1.807, 2.05) is 6.07 Å². The van der Waals surface area contributed by atoms with Crippen molar-refractivity contribution in [1.82, 2.24) is 15.3 Å². The van der Waals surface area contributed by atoms with Crippen molar-refractivity contribution in [1.29, 1.82) is 0 Å². The van der Waals surface area contributed by atoms with Crippen molar-refractivity contribution < 1.29 is 9.47 Å². The number of hydrogen-bond donors (Lipinski definition) is 2. The molecule has 4 rings (SSSR count). The lowest BCUT2D eigenvalue weighted by Gasteiger charge is -2.24. The number of ether oxygens (including phenoxy) is 2. The van der Waals surface area contributed by atoms with Crippen LogP contribution in [0.1, 0.15) is 56.6 Å². The summed E-state index contributed by atoms with van der Waals surface area (Å²) in [6, 6.07) is 6.17. The van der Waals surface area contributed by atoms with E-state index in [0.29, 0.717) is 19.2 Å². The van der Waals surface area contributed by atoms with E-state index in [1.165, 1.54) is 12.8 Å². The molecule has 7 heteroatoms. The number of rotatable bonds is 7. The summed E-state index contributed by atoms with van der Waals surface area (Å²) in [5.74, 6) is 4.42. The molecule has 0 atom stereocenters. The molecule has 0 unspecified atom stereocenters. The number of hydrogen-bond acceptors (Lipinski definition) is 6. The molecule has 0 amide bonds. The maximum Gasteiger partial charge on any atom is 0.161 e. The molecule has 1 saturated carbocycles. The maximum atomic E-state index is 6.25. The molecule has 2 N–H and O–H groups in total. The minimum Gasteiger partial charge on any atom is -0.493 e. The second kappa shape index (κ2) is 8.76. The largest absolute Gasteiger partial charge is 0.493 e. The predicted octanol–water partition coefficient (Wildman–Crippen LogP) is 3.48. The highest BCUT2D eigenvalue weighted by Crippen LogP contribution is 2.33. The highest BCUT2D eigenvalue weighted by Gasteiger charge is 2.24. The number of aromatic nitrogens is 2. The zero-order chi connectivity index (χ0) is 20.2. The summed E-state index contributed by atoms with van der Waals surface area (Å²) < 4.78 is 11.8. The first-order chi connectivity index (χ1) is 14.2. The van der Waals surface area contributed by atoms with E-state index in [1.54, 1.807) is 7.11 Å². The Kier molecular flexibility index (Phi) is 5.92. The number of amidine groups is 1. The van der Waals surface area contributed by atoms with Crippen LogP contribution in [-0.2, 0) is 6.42 Å². The van der Waals surface area contributed by atoms with E-state index in [4.69, 9.17) is 14.5 Å². The summed E-state index contributed by atoms with van der Waals surface area (Å²) in [4.78, 5) is 15.2. The first-order valence-electron chi connectivity index (χ1n) is 10.7. The van der Waals surface area contributed by atoms with E-state index < -0.39 is 0 Å². The minimum atomic E-state index is 0.298. The SMILES string of the molecule is CCNC1=NCN(CC)c2nc(Cc3ccc(OC)c(OC4CCCC4)c3)[nH]c21. The van der Waals surface area contributed by atoms with Crippen LogP contribution < -0.4 is 19.7 Å². The third kappa shape index (κ3) is 4.18. The number of aliphatic imine (C=N–C) groups is 1. The van der Waals surface area contributed by atoms with Gasteiger partial charge in [0, 0.05) is 19.5 Å². The second-order valence-corrected chi connectivity index (χ2v) is 7.60. The van der Waals surface area contributed by atoms with Gasteiger partial charge < -0.3 is 24.7 Å². The Hall–Kier alpha value is -2.70. The number of H-pyrrole nitrogens is 1. The van der Waals surface area contributed by atoms with Crippen LogP contribution in [-0.4, -0.2) is 48.8 Å². The monoisotopic (exact) mass is 397 g/mol. The first-order valence-corrected chi connectivity index (χ1v) is 10.7. The average molecular weight is 398 g/mol. The van der Waals surface area contributed by atoms with Crippen LogP contribution in [0.2, 0.25) is 0 Å². The molecule has 156 valence electrons. The van der Waals surface area contributed by atoms with Crippen molar-refractivity contribution in [3.63, 3.8) is 0 Å². The van der Waals surface area contributed by atoms with Gasteiger partial charge in [0.05, 0.1) is 13.2 Å². The van der Waals surface area contributed by atoms with Crippen LogP contribution in [0.3, 0.4) is 0 Å². The Balaban J connectivity index is 1.57. The van der Waals surface area contributed by atoms with Gasteiger partial charge in [0.1, 0.15) is 18.2 Å². The lowest BCUT2D eigenvalue weighted by atomic mass is 10.1. The molecular formula is C22H31N5O2. The summed E-state index contributed by atoms with van der Waals surface area (Å²) >= 11 is 0. The zero-order valence-corrected chi connectivity index (χ0v) is 17.6. The number of fused-ring (bicyclic) bond motifs is 1. The third-order valence-electron chi connectivity index (χ3n) is 5.59. The van der Waals surface area contributed by atoms with Gasteiger partial charge in [-0.25, -0.2) is 9.98 Å². The number of benzene rings is 1. The van der Waals surface area contributed by atoms with Gasteiger partial charge in [0.15, 0.2) is 23.2 Å². The Bertz CT molecular complexity index is 870. The number of aromatic amines is 1. The van der Waals surface area contributed by atoms with Crippen molar-refractivity contribution in [2.75, 3.05) is 31.8 Å². The molecule has 1 aliphatic heterocycles. The van der Waals surface area contributed by atoms with Gasteiger partial charge in [-0.15, -0.1) is 0 Å².